The Bertz CT molecular complexity index is 452. The molecule has 20 heavy (non-hydrogen) atoms. The van der Waals surface area contributed by atoms with Crippen molar-refractivity contribution in [1.29, 1.82) is 5.26 Å². The summed E-state index contributed by atoms with van der Waals surface area (Å²) in [5.74, 6) is 0.673. The highest BCUT2D eigenvalue weighted by Crippen LogP contribution is 2.11. The van der Waals surface area contributed by atoms with Crippen LogP contribution in [0.4, 0.5) is 0 Å². The molecule has 1 fully saturated rings. The van der Waals surface area contributed by atoms with Crippen molar-refractivity contribution in [3.63, 3.8) is 0 Å². The Kier molecular flexibility index (Phi) is 5.63. The monoisotopic (exact) mass is 274 g/mol. The van der Waals surface area contributed by atoms with Crippen molar-refractivity contribution in [1.82, 2.24) is 14.8 Å². The maximum Gasteiger partial charge on any atom is 0.120 e. The number of nitriles is 1. The Morgan fingerprint density at radius 3 is 2.75 bits per heavy atom. The fourth-order valence-electron chi connectivity index (χ4n) is 2.95. The van der Waals surface area contributed by atoms with Crippen LogP contribution in [-0.4, -0.2) is 35.6 Å². The molecule has 0 radical (unpaired) electrons. The minimum atomic E-state index is 0.673. The van der Waals surface area contributed by atoms with Gasteiger partial charge in [0.25, 0.3) is 0 Å². The molecule has 1 atom stereocenters. The van der Waals surface area contributed by atoms with Gasteiger partial charge in [0, 0.05) is 26.3 Å². The SMILES string of the molecule is CC(CNCc1cc(C#N)n(C)c1)CN1CCCCC1. The fraction of sp³-hybridized carbons (Fsp3) is 0.688. The van der Waals surface area contributed by atoms with Gasteiger partial charge in [0.1, 0.15) is 11.8 Å². The minimum Gasteiger partial charge on any atom is -0.342 e. The van der Waals surface area contributed by atoms with Crippen LogP contribution in [0, 0.1) is 17.2 Å². The average molecular weight is 274 g/mol. The van der Waals surface area contributed by atoms with Gasteiger partial charge < -0.3 is 14.8 Å². The van der Waals surface area contributed by atoms with Gasteiger partial charge in [-0.3, -0.25) is 0 Å². The Morgan fingerprint density at radius 1 is 1.35 bits per heavy atom. The average Bonchev–Trinajstić information content (AvgIpc) is 2.80. The molecular formula is C16H26N4. The molecule has 4 nitrogen and oxygen atoms in total. The number of hydrogen-bond donors (Lipinski definition) is 1. The van der Waals surface area contributed by atoms with Gasteiger partial charge in [-0.1, -0.05) is 13.3 Å². The van der Waals surface area contributed by atoms with Gasteiger partial charge in [-0.15, -0.1) is 0 Å². The molecule has 1 N–H and O–H groups in total. The van der Waals surface area contributed by atoms with Crippen LogP contribution in [0.1, 0.15) is 37.4 Å². The molecule has 2 rings (SSSR count). The highest BCUT2D eigenvalue weighted by atomic mass is 15.1. The molecule has 2 heterocycles. The highest BCUT2D eigenvalue weighted by molar-refractivity contribution is 5.28. The van der Waals surface area contributed by atoms with Crippen LogP contribution in [0.5, 0.6) is 0 Å². The van der Waals surface area contributed by atoms with E-state index in [4.69, 9.17) is 5.26 Å². The predicted octanol–water partition coefficient (Wildman–Crippen LogP) is 2.11. The van der Waals surface area contributed by atoms with E-state index in [0.717, 1.165) is 18.8 Å². The van der Waals surface area contributed by atoms with Crippen molar-refractivity contribution < 1.29 is 0 Å². The molecule has 0 amide bonds. The molecule has 1 unspecified atom stereocenters. The standard InChI is InChI=1S/C16H26N4/c1-14(12-20-6-4-3-5-7-20)10-18-11-15-8-16(9-17)19(2)13-15/h8,13-14,18H,3-7,10-12H2,1-2H3. The van der Waals surface area contributed by atoms with E-state index >= 15 is 0 Å². The van der Waals surface area contributed by atoms with Crippen LogP contribution in [-0.2, 0) is 13.6 Å². The first-order valence-corrected chi connectivity index (χ1v) is 7.67. The van der Waals surface area contributed by atoms with E-state index < -0.39 is 0 Å². The molecular weight excluding hydrogens is 248 g/mol. The Hall–Kier alpha value is -1.31. The number of nitrogens with zero attached hydrogens (tertiary/aromatic N) is 3. The van der Waals surface area contributed by atoms with E-state index in [0.29, 0.717) is 5.92 Å². The third kappa shape index (κ3) is 4.36. The molecule has 110 valence electrons. The second-order valence-corrected chi connectivity index (χ2v) is 6.05. The topological polar surface area (TPSA) is 44.0 Å². The van der Waals surface area contributed by atoms with E-state index in [9.17, 15) is 0 Å². The molecule has 1 aromatic rings. The summed E-state index contributed by atoms with van der Waals surface area (Å²) >= 11 is 0. The number of aryl methyl sites for hydroxylation is 1. The Balaban J connectivity index is 1.68. The quantitative estimate of drug-likeness (QED) is 0.864. The molecule has 0 aliphatic carbocycles. The first-order chi connectivity index (χ1) is 9.69. The number of hydrogen-bond acceptors (Lipinski definition) is 3. The smallest absolute Gasteiger partial charge is 0.120 e. The van der Waals surface area contributed by atoms with Crippen molar-refractivity contribution in [3.05, 3.63) is 23.5 Å². The molecule has 1 aliphatic heterocycles. The lowest BCUT2D eigenvalue weighted by atomic mass is 10.1. The number of nitrogens with one attached hydrogen (secondary N) is 1. The minimum absolute atomic E-state index is 0.673. The van der Waals surface area contributed by atoms with E-state index in [2.05, 4.69) is 23.2 Å². The van der Waals surface area contributed by atoms with Crippen LogP contribution in [0.25, 0.3) is 0 Å². The molecule has 0 saturated carbocycles. The maximum atomic E-state index is 8.93. The molecule has 4 heteroatoms. The highest BCUT2D eigenvalue weighted by Gasteiger charge is 2.13. The number of rotatable bonds is 6. The second-order valence-electron chi connectivity index (χ2n) is 6.05. The zero-order valence-corrected chi connectivity index (χ0v) is 12.7. The Labute approximate surface area is 122 Å². The van der Waals surface area contributed by atoms with Gasteiger partial charge in [0.2, 0.25) is 0 Å². The molecule has 1 saturated heterocycles. The molecule has 0 bridgehead atoms. The summed E-state index contributed by atoms with van der Waals surface area (Å²) in [7, 11) is 1.92. The zero-order chi connectivity index (χ0) is 14.4. The van der Waals surface area contributed by atoms with Gasteiger partial charge >= 0.3 is 0 Å². The first-order valence-electron chi connectivity index (χ1n) is 7.67. The summed E-state index contributed by atoms with van der Waals surface area (Å²) in [6, 6.07) is 4.16. The normalized spacial score (nSPS) is 17.9. The van der Waals surface area contributed by atoms with Gasteiger partial charge in [-0.25, -0.2) is 0 Å². The van der Waals surface area contributed by atoms with Crippen LogP contribution in [0.3, 0.4) is 0 Å². The molecule has 0 spiro atoms. The zero-order valence-electron chi connectivity index (χ0n) is 12.7. The predicted molar refractivity (Wildman–Crippen MR) is 81.3 cm³/mol. The summed E-state index contributed by atoms with van der Waals surface area (Å²) in [6.07, 6.45) is 6.15. The lowest BCUT2D eigenvalue weighted by molar-refractivity contribution is 0.199. The summed E-state index contributed by atoms with van der Waals surface area (Å²) < 4.78 is 1.88. The number of aromatic nitrogens is 1. The van der Waals surface area contributed by atoms with Crippen molar-refractivity contribution in [3.8, 4) is 6.07 Å². The summed E-state index contributed by atoms with van der Waals surface area (Å²) in [5.41, 5.74) is 1.91. The van der Waals surface area contributed by atoms with Gasteiger partial charge in [-0.2, -0.15) is 5.26 Å². The van der Waals surface area contributed by atoms with Crippen molar-refractivity contribution in [2.24, 2.45) is 13.0 Å². The molecule has 0 aromatic carbocycles. The maximum absolute atomic E-state index is 8.93. The van der Waals surface area contributed by atoms with Crippen LogP contribution in [0.2, 0.25) is 0 Å². The van der Waals surface area contributed by atoms with Crippen molar-refractivity contribution >= 4 is 0 Å². The first kappa shape index (κ1) is 15.1. The van der Waals surface area contributed by atoms with E-state index in [1.807, 2.05) is 23.9 Å². The summed E-state index contributed by atoms with van der Waals surface area (Å²) in [4.78, 5) is 2.59. The largest absolute Gasteiger partial charge is 0.342 e. The van der Waals surface area contributed by atoms with Crippen LogP contribution in [0.15, 0.2) is 12.3 Å². The van der Waals surface area contributed by atoms with Gasteiger partial charge in [0.05, 0.1) is 0 Å². The third-order valence-electron chi connectivity index (χ3n) is 4.02. The van der Waals surface area contributed by atoms with Crippen LogP contribution < -0.4 is 5.32 Å². The number of piperidine rings is 1. The summed E-state index contributed by atoms with van der Waals surface area (Å²) in [6.45, 7) is 7.94. The van der Waals surface area contributed by atoms with E-state index in [-0.39, 0.29) is 0 Å². The fourth-order valence-corrected chi connectivity index (χ4v) is 2.95. The van der Waals surface area contributed by atoms with Gasteiger partial charge in [-0.05, 0) is 50.0 Å². The van der Waals surface area contributed by atoms with Crippen molar-refractivity contribution in [2.45, 2.75) is 32.7 Å². The van der Waals surface area contributed by atoms with E-state index in [1.54, 1.807) is 0 Å². The number of likely N-dealkylation sites (tertiary alicyclic amines) is 1. The second kappa shape index (κ2) is 7.47. The third-order valence-corrected chi connectivity index (χ3v) is 4.02. The molecule has 1 aliphatic rings. The lowest BCUT2D eigenvalue weighted by Gasteiger charge is -2.29. The van der Waals surface area contributed by atoms with Gasteiger partial charge in [0.15, 0.2) is 0 Å². The Morgan fingerprint density at radius 2 is 2.10 bits per heavy atom. The molecule has 1 aromatic heterocycles. The summed E-state index contributed by atoms with van der Waals surface area (Å²) in [5, 5.41) is 12.4. The van der Waals surface area contributed by atoms with Crippen molar-refractivity contribution in [2.75, 3.05) is 26.2 Å². The van der Waals surface area contributed by atoms with E-state index in [1.165, 1.54) is 44.5 Å². The van der Waals surface area contributed by atoms with Crippen LogP contribution >= 0.6 is 0 Å². The lowest BCUT2D eigenvalue weighted by Crippen LogP contribution is -2.36.